The molecule has 168 valence electrons. The van der Waals surface area contributed by atoms with Gasteiger partial charge >= 0.3 is 0 Å². The van der Waals surface area contributed by atoms with Crippen LogP contribution in [0.3, 0.4) is 0 Å². The highest BCUT2D eigenvalue weighted by Gasteiger charge is 2.28. The van der Waals surface area contributed by atoms with Gasteiger partial charge in [0.2, 0.25) is 0 Å². The van der Waals surface area contributed by atoms with E-state index in [0.717, 1.165) is 0 Å². The highest BCUT2D eigenvalue weighted by atomic mass is 127. The predicted octanol–water partition coefficient (Wildman–Crippen LogP) is 9.89. The van der Waals surface area contributed by atoms with E-state index < -0.39 is 0 Å². The van der Waals surface area contributed by atoms with Gasteiger partial charge in [-0.05, 0) is 79.7 Å². The molecule has 34 heavy (non-hydrogen) atoms. The maximum atomic E-state index is 2.45. The normalized spacial score (nSPS) is 14.7. The molecule has 5 aromatic rings. The molecule has 1 aliphatic heterocycles. The van der Waals surface area contributed by atoms with Gasteiger partial charge < -0.3 is 8.01 Å². The predicted molar refractivity (Wildman–Crippen MR) is 156 cm³/mol. The van der Waals surface area contributed by atoms with Crippen molar-refractivity contribution < 1.29 is 0 Å². The van der Waals surface area contributed by atoms with Crippen LogP contribution >= 0.6 is 34.2 Å². The van der Waals surface area contributed by atoms with Gasteiger partial charge in [-0.1, -0.05) is 59.7 Å². The molecular weight excluding hydrogens is 547 g/mol. The molecule has 1 aromatic heterocycles. The molecule has 4 aromatic carbocycles. The van der Waals surface area contributed by atoms with E-state index in [1.165, 1.54) is 60.0 Å². The van der Waals surface area contributed by atoms with Crippen molar-refractivity contribution in [3.63, 3.8) is 0 Å². The van der Waals surface area contributed by atoms with E-state index in [1.54, 1.807) is 0 Å². The summed E-state index contributed by atoms with van der Waals surface area (Å²) in [5, 5.41) is 3.95. The van der Waals surface area contributed by atoms with Gasteiger partial charge in [0.15, 0.2) is 0 Å². The number of rotatable bonds is 4. The molecule has 2 heterocycles. The standard InChI is InChI=1S/C30H25IN2S/c1-19-7-11-22(12-8-19)32(23-13-9-20(2)10-14-23)29-18-17-28(34-29)25-15-16-27-30-24(21(3)33(27)31)5-4-6-26(25)30/h4-18,21H,1-3H3. The molecule has 0 aliphatic carbocycles. The molecule has 0 spiro atoms. The Bertz CT molecular complexity index is 1440. The Kier molecular flexibility index (Phi) is 5.38. The fourth-order valence-corrected chi connectivity index (χ4v) is 6.66. The second kappa shape index (κ2) is 8.43. The second-order valence-corrected chi connectivity index (χ2v) is 11.1. The van der Waals surface area contributed by atoms with E-state index >= 15 is 0 Å². The molecule has 0 amide bonds. The Balaban J connectivity index is 1.49. The fraction of sp³-hybridized carbons (Fsp3) is 0.133. The highest BCUT2D eigenvalue weighted by molar-refractivity contribution is 14.1. The van der Waals surface area contributed by atoms with Gasteiger partial charge in [0.05, 0.1) is 34.6 Å². The van der Waals surface area contributed by atoms with Gasteiger partial charge in [0, 0.05) is 21.6 Å². The van der Waals surface area contributed by atoms with Crippen molar-refractivity contribution in [2.45, 2.75) is 26.8 Å². The van der Waals surface area contributed by atoms with Crippen molar-refractivity contribution in [2.75, 3.05) is 8.01 Å². The van der Waals surface area contributed by atoms with Crippen LogP contribution in [0.25, 0.3) is 21.2 Å². The van der Waals surface area contributed by atoms with Crippen molar-refractivity contribution in [2.24, 2.45) is 0 Å². The zero-order valence-corrected chi connectivity index (χ0v) is 22.4. The molecule has 0 fully saturated rings. The van der Waals surface area contributed by atoms with Crippen LogP contribution in [0.15, 0.2) is 91.0 Å². The Labute approximate surface area is 219 Å². The fourth-order valence-electron chi connectivity index (χ4n) is 4.87. The van der Waals surface area contributed by atoms with Gasteiger partial charge in [-0.2, -0.15) is 0 Å². The van der Waals surface area contributed by atoms with E-state index in [2.05, 4.69) is 143 Å². The van der Waals surface area contributed by atoms with Crippen LogP contribution in [-0.4, -0.2) is 0 Å². The van der Waals surface area contributed by atoms with Crippen LogP contribution in [0, 0.1) is 13.8 Å². The molecule has 1 atom stereocenters. The molecule has 0 saturated heterocycles. The molecule has 1 aliphatic rings. The number of thiophene rings is 1. The average Bonchev–Trinajstić information content (AvgIpc) is 3.42. The molecule has 0 saturated carbocycles. The number of anilines is 4. The van der Waals surface area contributed by atoms with E-state index in [4.69, 9.17) is 0 Å². The van der Waals surface area contributed by atoms with Crippen molar-refractivity contribution in [1.29, 1.82) is 0 Å². The highest BCUT2D eigenvalue weighted by Crippen LogP contribution is 2.50. The largest absolute Gasteiger partial charge is 0.307 e. The van der Waals surface area contributed by atoms with Crippen LogP contribution in [0.1, 0.15) is 29.7 Å². The third-order valence-electron chi connectivity index (χ3n) is 6.73. The maximum Gasteiger partial charge on any atom is 0.101 e. The first kappa shape index (κ1) is 21.7. The lowest BCUT2D eigenvalue weighted by molar-refractivity contribution is 0.874. The topological polar surface area (TPSA) is 6.48 Å². The summed E-state index contributed by atoms with van der Waals surface area (Å²) in [7, 11) is 0. The molecule has 0 radical (unpaired) electrons. The van der Waals surface area contributed by atoms with E-state index in [-0.39, 0.29) is 0 Å². The molecule has 1 unspecified atom stereocenters. The van der Waals surface area contributed by atoms with E-state index in [9.17, 15) is 0 Å². The Morgan fingerprint density at radius 1 is 0.765 bits per heavy atom. The third kappa shape index (κ3) is 3.51. The Morgan fingerprint density at radius 3 is 2.06 bits per heavy atom. The first-order chi connectivity index (χ1) is 16.5. The van der Waals surface area contributed by atoms with Crippen molar-refractivity contribution in [3.8, 4) is 10.4 Å². The first-order valence-corrected chi connectivity index (χ1v) is 13.3. The average molecular weight is 573 g/mol. The summed E-state index contributed by atoms with van der Waals surface area (Å²) >= 11 is 4.30. The molecule has 6 rings (SSSR count). The lowest BCUT2D eigenvalue weighted by Gasteiger charge is -2.24. The summed E-state index contributed by atoms with van der Waals surface area (Å²) < 4.78 is 2.36. The molecule has 4 heteroatoms. The van der Waals surface area contributed by atoms with Crippen molar-refractivity contribution in [3.05, 3.63) is 108 Å². The monoisotopic (exact) mass is 572 g/mol. The van der Waals surface area contributed by atoms with Gasteiger partial charge in [-0.25, -0.2) is 0 Å². The third-order valence-corrected chi connectivity index (χ3v) is 9.19. The minimum absolute atomic E-state index is 0.395. The number of nitrogens with zero attached hydrogens (tertiary/aromatic N) is 2. The first-order valence-electron chi connectivity index (χ1n) is 11.6. The van der Waals surface area contributed by atoms with Gasteiger partial charge in [0.1, 0.15) is 5.00 Å². The summed E-state index contributed by atoms with van der Waals surface area (Å²) in [4.78, 5) is 3.66. The number of benzene rings is 4. The van der Waals surface area contributed by atoms with Crippen molar-refractivity contribution >= 4 is 67.0 Å². The van der Waals surface area contributed by atoms with Crippen LogP contribution in [-0.2, 0) is 0 Å². The second-order valence-electron chi connectivity index (χ2n) is 9.03. The SMILES string of the molecule is Cc1ccc(N(c2ccc(C)cc2)c2ccc(-c3ccc4c5c(cccc35)C(C)N4I)s2)cc1. The minimum Gasteiger partial charge on any atom is -0.307 e. The van der Waals surface area contributed by atoms with E-state index in [0.29, 0.717) is 6.04 Å². The molecule has 2 nitrogen and oxygen atoms in total. The summed E-state index contributed by atoms with van der Waals surface area (Å²) in [5.74, 6) is 0. The molecular formula is C30H25IN2S. The summed E-state index contributed by atoms with van der Waals surface area (Å²) in [6.07, 6.45) is 0. The number of aryl methyl sites for hydroxylation is 2. The summed E-state index contributed by atoms with van der Waals surface area (Å²) in [6.45, 7) is 6.55. The molecule has 0 N–H and O–H groups in total. The van der Waals surface area contributed by atoms with Crippen LogP contribution in [0.5, 0.6) is 0 Å². The van der Waals surface area contributed by atoms with Gasteiger partial charge in [0.25, 0.3) is 0 Å². The lowest BCUT2D eigenvalue weighted by Crippen LogP contribution is -2.08. The maximum absolute atomic E-state index is 2.45. The van der Waals surface area contributed by atoms with Gasteiger partial charge in [-0.3, -0.25) is 0 Å². The Morgan fingerprint density at radius 2 is 1.41 bits per heavy atom. The summed E-state index contributed by atoms with van der Waals surface area (Å²) in [6, 6.07) is 33.9. The minimum atomic E-state index is 0.395. The quantitative estimate of drug-likeness (QED) is 0.156. The van der Waals surface area contributed by atoms with Crippen LogP contribution in [0.2, 0.25) is 0 Å². The lowest BCUT2D eigenvalue weighted by atomic mass is 9.98. The zero-order valence-electron chi connectivity index (χ0n) is 19.4. The number of hydrogen-bond donors (Lipinski definition) is 0. The van der Waals surface area contributed by atoms with Crippen LogP contribution < -0.4 is 8.01 Å². The molecule has 0 bridgehead atoms. The zero-order chi connectivity index (χ0) is 23.4. The Hall–Kier alpha value is -2.83. The summed E-state index contributed by atoms with van der Waals surface area (Å²) in [5.41, 5.74) is 8.94. The number of halogens is 1. The van der Waals surface area contributed by atoms with E-state index in [1.807, 2.05) is 11.3 Å². The van der Waals surface area contributed by atoms with Crippen LogP contribution in [0.4, 0.5) is 22.1 Å². The van der Waals surface area contributed by atoms with Crippen molar-refractivity contribution in [1.82, 2.24) is 0 Å². The smallest absolute Gasteiger partial charge is 0.101 e. The van der Waals surface area contributed by atoms with Gasteiger partial charge in [-0.15, -0.1) is 11.3 Å². The number of hydrogen-bond acceptors (Lipinski definition) is 3.